The molecular weight excluding hydrogens is 253 g/mol. The number of hydrogen-bond acceptors (Lipinski definition) is 3. The maximum atomic E-state index is 13.8. The third kappa shape index (κ3) is 2.81. The van der Waals surface area contributed by atoms with Crippen LogP contribution in [0.15, 0.2) is 12.1 Å². The molecule has 1 aromatic rings. The van der Waals surface area contributed by atoms with Gasteiger partial charge < -0.3 is 10.6 Å². The molecule has 0 unspecified atom stereocenters. The molecule has 112 valence electrons. The topological polar surface area (TPSA) is 32.5 Å². The Morgan fingerprint density at radius 2 is 1.95 bits per heavy atom. The van der Waals surface area contributed by atoms with Crippen molar-refractivity contribution in [3.8, 4) is 0 Å². The van der Waals surface area contributed by atoms with Gasteiger partial charge in [0.1, 0.15) is 5.82 Å². The Morgan fingerprint density at radius 3 is 2.50 bits per heavy atom. The molecule has 1 fully saturated rings. The molecule has 0 aromatic heterocycles. The van der Waals surface area contributed by atoms with Crippen molar-refractivity contribution in [2.75, 3.05) is 31.6 Å². The molecule has 1 saturated heterocycles. The summed E-state index contributed by atoms with van der Waals surface area (Å²) in [6, 6.07) is 3.37. The van der Waals surface area contributed by atoms with Crippen molar-refractivity contribution in [1.29, 1.82) is 0 Å². The maximum absolute atomic E-state index is 13.8. The number of nitrogens with zero attached hydrogens (tertiary/aromatic N) is 2. The van der Waals surface area contributed by atoms with E-state index in [1.54, 1.807) is 6.07 Å². The lowest BCUT2D eigenvalue weighted by Crippen LogP contribution is -2.58. The molecule has 0 amide bonds. The Morgan fingerprint density at radius 1 is 1.30 bits per heavy atom. The molecule has 0 radical (unpaired) electrons. The number of piperazine rings is 1. The van der Waals surface area contributed by atoms with Crippen LogP contribution in [0.1, 0.15) is 37.9 Å². The fourth-order valence-electron chi connectivity index (χ4n) is 2.77. The fourth-order valence-corrected chi connectivity index (χ4v) is 2.77. The summed E-state index contributed by atoms with van der Waals surface area (Å²) in [6.07, 6.45) is 0. The van der Waals surface area contributed by atoms with E-state index in [0.29, 0.717) is 5.56 Å². The number of benzene rings is 1. The number of aryl methyl sites for hydroxylation is 1. The average molecular weight is 279 g/mol. The van der Waals surface area contributed by atoms with E-state index in [1.807, 2.05) is 19.9 Å². The first kappa shape index (κ1) is 15.3. The largest absolute Gasteiger partial charge is 0.368 e. The summed E-state index contributed by atoms with van der Waals surface area (Å²) in [6.45, 7) is 11.1. The van der Waals surface area contributed by atoms with Crippen molar-refractivity contribution in [3.63, 3.8) is 0 Å². The minimum absolute atomic E-state index is 0.107. The third-order valence-corrected chi connectivity index (χ3v) is 4.46. The van der Waals surface area contributed by atoms with Crippen LogP contribution < -0.4 is 10.6 Å². The fraction of sp³-hybridized carbons (Fsp3) is 0.625. The van der Waals surface area contributed by atoms with Crippen LogP contribution in [-0.4, -0.2) is 37.1 Å². The molecule has 2 N–H and O–H groups in total. The summed E-state index contributed by atoms with van der Waals surface area (Å²) in [4.78, 5) is 4.70. The molecule has 0 bridgehead atoms. The molecule has 0 aliphatic carbocycles. The van der Waals surface area contributed by atoms with E-state index in [2.05, 4.69) is 30.7 Å². The SMILES string of the molecule is Cc1cc(N2CCN(C)C(C)(C)C2)c([C@H](C)N)cc1F. The summed E-state index contributed by atoms with van der Waals surface area (Å²) in [7, 11) is 2.15. The number of likely N-dealkylation sites (N-methyl/N-ethyl adjacent to an activating group) is 1. The minimum Gasteiger partial charge on any atom is -0.368 e. The Bertz CT molecular complexity index is 497. The van der Waals surface area contributed by atoms with Crippen LogP contribution in [0.25, 0.3) is 0 Å². The molecular formula is C16H26FN3. The molecule has 0 spiro atoms. The van der Waals surface area contributed by atoms with E-state index < -0.39 is 0 Å². The van der Waals surface area contributed by atoms with E-state index in [9.17, 15) is 4.39 Å². The average Bonchev–Trinajstić information content (AvgIpc) is 2.35. The zero-order valence-corrected chi connectivity index (χ0v) is 13.2. The first-order chi connectivity index (χ1) is 9.22. The van der Waals surface area contributed by atoms with Crippen LogP contribution in [-0.2, 0) is 0 Å². The van der Waals surface area contributed by atoms with Gasteiger partial charge in [0.15, 0.2) is 0 Å². The van der Waals surface area contributed by atoms with E-state index >= 15 is 0 Å². The first-order valence-corrected chi connectivity index (χ1v) is 7.24. The van der Waals surface area contributed by atoms with Crippen molar-refractivity contribution in [3.05, 3.63) is 29.1 Å². The zero-order valence-electron chi connectivity index (χ0n) is 13.2. The number of nitrogens with two attached hydrogens (primary N) is 1. The molecule has 1 heterocycles. The molecule has 3 nitrogen and oxygen atoms in total. The Hall–Kier alpha value is -1.13. The van der Waals surface area contributed by atoms with Crippen molar-refractivity contribution in [2.24, 2.45) is 5.73 Å². The lowest BCUT2D eigenvalue weighted by Gasteiger charge is -2.47. The van der Waals surface area contributed by atoms with Gasteiger partial charge in [0.05, 0.1) is 0 Å². The molecule has 0 saturated carbocycles. The molecule has 1 aliphatic heterocycles. The van der Waals surface area contributed by atoms with Gasteiger partial charge in [-0.15, -0.1) is 0 Å². The smallest absolute Gasteiger partial charge is 0.126 e. The van der Waals surface area contributed by atoms with Crippen LogP contribution in [0.2, 0.25) is 0 Å². The minimum atomic E-state index is -0.172. The van der Waals surface area contributed by atoms with Crippen molar-refractivity contribution in [1.82, 2.24) is 4.90 Å². The normalized spacial score (nSPS) is 21.1. The van der Waals surface area contributed by atoms with Crippen LogP contribution in [0.3, 0.4) is 0 Å². The van der Waals surface area contributed by atoms with Gasteiger partial charge in [0.25, 0.3) is 0 Å². The van der Waals surface area contributed by atoms with Crippen LogP contribution in [0, 0.1) is 12.7 Å². The van der Waals surface area contributed by atoms with Crippen molar-refractivity contribution in [2.45, 2.75) is 39.3 Å². The second-order valence-corrected chi connectivity index (χ2v) is 6.60. The van der Waals surface area contributed by atoms with E-state index in [4.69, 9.17) is 5.73 Å². The van der Waals surface area contributed by atoms with E-state index in [-0.39, 0.29) is 17.4 Å². The molecule has 4 heteroatoms. The number of rotatable bonds is 2. The summed E-state index contributed by atoms with van der Waals surface area (Å²) >= 11 is 0. The Balaban J connectivity index is 2.40. The number of halogens is 1. The predicted molar refractivity (Wildman–Crippen MR) is 82.7 cm³/mol. The van der Waals surface area contributed by atoms with Gasteiger partial charge in [0.2, 0.25) is 0 Å². The Labute approximate surface area is 121 Å². The van der Waals surface area contributed by atoms with Crippen molar-refractivity contribution >= 4 is 5.69 Å². The van der Waals surface area contributed by atoms with Gasteiger partial charge in [0, 0.05) is 36.9 Å². The highest BCUT2D eigenvalue weighted by Crippen LogP contribution is 2.31. The Kier molecular flexibility index (Phi) is 4.07. The monoisotopic (exact) mass is 279 g/mol. The predicted octanol–water partition coefficient (Wildman–Crippen LogP) is 2.68. The lowest BCUT2D eigenvalue weighted by molar-refractivity contribution is 0.138. The molecule has 2 rings (SSSR count). The molecule has 20 heavy (non-hydrogen) atoms. The lowest BCUT2D eigenvalue weighted by atomic mass is 9.96. The highest BCUT2D eigenvalue weighted by Gasteiger charge is 2.32. The van der Waals surface area contributed by atoms with Gasteiger partial charge in [-0.25, -0.2) is 4.39 Å². The van der Waals surface area contributed by atoms with E-state index in [1.165, 1.54) is 0 Å². The highest BCUT2D eigenvalue weighted by atomic mass is 19.1. The molecule has 1 aromatic carbocycles. The number of anilines is 1. The van der Waals surface area contributed by atoms with Crippen LogP contribution in [0.5, 0.6) is 0 Å². The van der Waals surface area contributed by atoms with Crippen LogP contribution in [0.4, 0.5) is 10.1 Å². The second-order valence-electron chi connectivity index (χ2n) is 6.60. The summed E-state index contributed by atoms with van der Waals surface area (Å²) in [5, 5.41) is 0. The first-order valence-electron chi connectivity index (χ1n) is 7.24. The standard InChI is InChI=1S/C16H26FN3/c1-11-8-15(13(12(2)18)9-14(11)17)20-7-6-19(5)16(3,4)10-20/h8-9,12H,6-7,10,18H2,1-5H3/t12-/m0/s1. The van der Waals surface area contributed by atoms with Crippen molar-refractivity contribution < 1.29 is 4.39 Å². The second kappa shape index (κ2) is 5.34. The van der Waals surface area contributed by atoms with Crippen LogP contribution >= 0.6 is 0 Å². The summed E-state index contributed by atoms with van der Waals surface area (Å²) in [5.74, 6) is -0.172. The summed E-state index contributed by atoms with van der Waals surface area (Å²) in [5.41, 5.74) is 8.80. The van der Waals surface area contributed by atoms with Gasteiger partial charge >= 0.3 is 0 Å². The van der Waals surface area contributed by atoms with Gasteiger partial charge in [-0.05, 0) is 58.0 Å². The third-order valence-electron chi connectivity index (χ3n) is 4.46. The quantitative estimate of drug-likeness (QED) is 0.903. The maximum Gasteiger partial charge on any atom is 0.126 e. The highest BCUT2D eigenvalue weighted by molar-refractivity contribution is 5.57. The van der Waals surface area contributed by atoms with E-state index in [0.717, 1.165) is 30.9 Å². The zero-order chi connectivity index (χ0) is 15.1. The van der Waals surface area contributed by atoms with Gasteiger partial charge in [-0.3, -0.25) is 4.90 Å². The summed E-state index contributed by atoms with van der Waals surface area (Å²) < 4.78 is 13.8. The van der Waals surface area contributed by atoms with Gasteiger partial charge in [-0.2, -0.15) is 0 Å². The molecule has 1 atom stereocenters. The van der Waals surface area contributed by atoms with Gasteiger partial charge in [-0.1, -0.05) is 0 Å². The molecule has 1 aliphatic rings. The number of hydrogen-bond donors (Lipinski definition) is 1.